The third-order valence-corrected chi connectivity index (χ3v) is 2.88. The van der Waals surface area contributed by atoms with Gasteiger partial charge in [-0.3, -0.25) is 4.79 Å². The van der Waals surface area contributed by atoms with E-state index in [1.54, 1.807) is 0 Å². The number of hydrogen-bond donors (Lipinski definition) is 2. The molecule has 0 bridgehead atoms. The fourth-order valence-electron chi connectivity index (χ4n) is 1.62. The average Bonchev–Trinajstić information content (AvgIpc) is 2.50. The van der Waals surface area contributed by atoms with Gasteiger partial charge in [0.1, 0.15) is 5.75 Å². The van der Waals surface area contributed by atoms with Gasteiger partial charge >= 0.3 is 0 Å². The van der Waals surface area contributed by atoms with Crippen LogP contribution in [0.15, 0.2) is 24.3 Å². The van der Waals surface area contributed by atoms with Crippen molar-refractivity contribution < 1.29 is 18.3 Å². The van der Waals surface area contributed by atoms with E-state index < -0.39 is 24.9 Å². The summed E-state index contributed by atoms with van der Waals surface area (Å²) in [4.78, 5) is 11.5. The number of carbonyl (C=O) groups excluding carboxylic acids is 1. The largest absolute Gasteiger partial charge is 0.494 e. The van der Waals surface area contributed by atoms with Gasteiger partial charge < -0.3 is 15.8 Å². The minimum absolute atomic E-state index is 0. The van der Waals surface area contributed by atoms with Crippen LogP contribution in [0.1, 0.15) is 25.3 Å². The summed E-state index contributed by atoms with van der Waals surface area (Å²) >= 11 is 0. The van der Waals surface area contributed by atoms with E-state index in [-0.39, 0.29) is 18.8 Å². The van der Waals surface area contributed by atoms with Crippen molar-refractivity contribution >= 4 is 18.3 Å². The Kier molecular flexibility index (Phi) is 9.69. The lowest BCUT2D eigenvalue weighted by molar-refractivity contribution is -0.122. The molecule has 1 aromatic rings. The average molecular weight is 337 g/mol. The van der Waals surface area contributed by atoms with Crippen LogP contribution >= 0.6 is 12.4 Å². The Morgan fingerprint density at radius 1 is 1.32 bits per heavy atom. The molecule has 0 atom stereocenters. The second kappa shape index (κ2) is 10.3. The van der Waals surface area contributed by atoms with E-state index in [1.807, 2.05) is 31.2 Å². The molecule has 1 amide bonds. The van der Waals surface area contributed by atoms with Gasteiger partial charge in [0.25, 0.3) is 5.92 Å². The Labute approximate surface area is 135 Å². The number of amides is 1. The molecule has 3 N–H and O–H groups in total. The maximum atomic E-state index is 12.9. The van der Waals surface area contributed by atoms with E-state index in [2.05, 4.69) is 5.32 Å². The first-order valence-corrected chi connectivity index (χ1v) is 7.03. The zero-order chi connectivity index (χ0) is 15.7. The van der Waals surface area contributed by atoms with Gasteiger partial charge in [-0.05, 0) is 30.5 Å². The summed E-state index contributed by atoms with van der Waals surface area (Å²) in [5, 5.41) is 2.19. The minimum Gasteiger partial charge on any atom is -0.494 e. The van der Waals surface area contributed by atoms with E-state index in [1.165, 1.54) is 0 Å². The van der Waals surface area contributed by atoms with Crippen molar-refractivity contribution in [1.82, 2.24) is 5.32 Å². The number of halogens is 3. The summed E-state index contributed by atoms with van der Waals surface area (Å²) in [6.45, 7) is 1.21. The monoisotopic (exact) mass is 336 g/mol. The van der Waals surface area contributed by atoms with Crippen LogP contribution in [0.2, 0.25) is 0 Å². The normalized spacial score (nSPS) is 10.7. The van der Waals surface area contributed by atoms with Crippen LogP contribution < -0.4 is 15.8 Å². The number of benzene rings is 1. The molecule has 7 heteroatoms. The topological polar surface area (TPSA) is 64.3 Å². The maximum absolute atomic E-state index is 12.9. The van der Waals surface area contributed by atoms with Crippen molar-refractivity contribution in [3.8, 4) is 5.75 Å². The maximum Gasteiger partial charge on any atom is 0.277 e. The first-order valence-electron chi connectivity index (χ1n) is 7.03. The fourth-order valence-corrected chi connectivity index (χ4v) is 1.62. The SMILES string of the molecule is CCCOc1ccc(CCC(=O)NCC(F)(F)CN)cc1.Cl. The quantitative estimate of drug-likeness (QED) is 0.728. The zero-order valence-corrected chi connectivity index (χ0v) is 13.4. The number of ether oxygens (including phenoxy) is 1. The third kappa shape index (κ3) is 8.14. The van der Waals surface area contributed by atoms with Crippen LogP contribution in [0.4, 0.5) is 8.78 Å². The molecule has 1 aromatic carbocycles. The van der Waals surface area contributed by atoms with Crippen molar-refractivity contribution in [1.29, 1.82) is 0 Å². The van der Waals surface area contributed by atoms with Crippen molar-refractivity contribution in [2.24, 2.45) is 5.73 Å². The summed E-state index contributed by atoms with van der Waals surface area (Å²) in [5.74, 6) is -2.67. The molecule has 0 fully saturated rings. The zero-order valence-electron chi connectivity index (χ0n) is 12.6. The highest BCUT2D eigenvalue weighted by Gasteiger charge is 2.26. The number of nitrogens with one attached hydrogen (secondary N) is 1. The molecule has 0 aromatic heterocycles. The molecule has 0 saturated heterocycles. The van der Waals surface area contributed by atoms with Gasteiger partial charge in [0.15, 0.2) is 0 Å². The Morgan fingerprint density at radius 2 is 1.95 bits per heavy atom. The standard InChI is InChI=1S/C15H22F2N2O2.ClH/c1-2-9-21-13-6-3-12(4-7-13)5-8-14(20)19-11-15(16,17)10-18;/h3-4,6-7H,2,5,8-11,18H2,1H3,(H,19,20);1H. The predicted octanol–water partition coefficient (Wildman–Crippen LogP) is 2.54. The number of carbonyl (C=O) groups is 1. The van der Waals surface area contributed by atoms with Crippen LogP contribution in [0.5, 0.6) is 5.75 Å². The summed E-state index contributed by atoms with van der Waals surface area (Å²) in [6, 6.07) is 7.41. The Hall–Kier alpha value is -1.40. The molecule has 0 radical (unpaired) electrons. The first kappa shape index (κ1) is 20.6. The number of aryl methyl sites for hydroxylation is 1. The molecular weight excluding hydrogens is 314 g/mol. The van der Waals surface area contributed by atoms with Crippen LogP contribution in [0.25, 0.3) is 0 Å². The van der Waals surface area contributed by atoms with Crippen LogP contribution in [0.3, 0.4) is 0 Å². The summed E-state index contributed by atoms with van der Waals surface area (Å²) in [5.41, 5.74) is 5.85. The Bertz CT molecular complexity index is 442. The molecule has 0 unspecified atom stereocenters. The molecule has 4 nitrogen and oxygen atoms in total. The van der Waals surface area contributed by atoms with Crippen molar-refractivity contribution in [2.45, 2.75) is 32.1 Å². The van der Waals surface area contributed by atoms with Gasteiger partial charge in [0, 0.05) is 6.42 Å². The van der Waals surface area contributed by atoms with Crippen molar-refractivity contribution in [3.05, 3.63) is 29.8 Å². The van der Waals surface area contributed by atoms with Gasteiger partial charge in [0.2, 0.25) is 5.91 Å². The van der Waals surface area contributed by atoms with E-state index >= 15 is 0 Å². The van der Waals surface area contributed by atoms with Crippen molar-refractivity contribution in [3.63, 3.8) is 0 Å². The van der Waals surface area contributed by atoms with Gasteiger partial charge in [-0.25, -0.2) is 8.78 Å². The molecule has 22 heavy (non-hydrogen) atoms. The second-order valence-electron chi connectivity index (χ2n) is 4.83. The summed E-state index contributed by atoms with van der Waals surface area (Å²) in [6.07, 6.45) is 1.60. The highest BCUT2D eigenvalue weighted by molar-refractivity contribution is 5.85. The van der Waals surface area contributed by atoms with Gasteiger partial charge in [0.05, 0.1) is 19.7 Å². The van der Waals surface area contributed by atoms with Gasteiger partial charge in [-0.1, -0.05) is 19.1 Å². The minimum atomic E-state index is -3.05. The van der Waals surface area contributed by atoms with Crippen LogP contribution in [0, 0.1) is 0 Å². The molecule has 0 saturated carbocycles. The molecule has 1 rings (SSSR count). The van der Waals surface area contributed by atoms with Crippen LogP contribution in [-0.2, 0) is 11.2 Å². The molecule has 0 spiro atoms. The second-order valence-corrected chi connectivity index (χ2v) is 4.83. The third-order valence-electron chi connectivity index (χ3n) is 2.88. The highest BCUT2D eigenvalue weighted by atomic mass is 35.5. The molecule has 0 aliphatic heterocycles. The molecule has 0 aliphatic rings. The van der Waals surface area contributed by atoms with Gasteiger partial charge in [-0.2, -0.15) is 0 Å². The first-order chi connectivity index (χ1) is 9.96. The summed E-state index contributed by atoms with van der Waals surface area (Å²) < 4.78 is 31.2. The lowest BCUT2D eigenvalue weighted by Gasteiger charge is -2.14. The molecule has 0 aliphatic carbocycles. The number of rotatable bonds is 9. The molecular formula is C15H23ClF2N2O2. The highest BCUT2D eigenvalue weighted by Crippen LogP contribution is 2.14. The number of hydrogen-bond acceptors (Lipinski definition) is 3. The fraction of sp³-hybridized carbons (Fsp3) is 0.533. The van der Waals surface area contributed by atoms with Crippen molar-refractivity contribution in [2.75, 3.05) is 19.7 Å². The van der Waals surface area contributed by atoms with E-state index in [9.17, 15) is 13.6 Å². The van der Waals surface area contributed by atoms with Crippen LogP contribution in [-0.4, -0.2) is 31.5 Å². The number of nitrogens with two attached hydrogens (primary N) is 1. The lowest BCUT2D eigenvalue weighted by atomic mass is 10.1. The Balaban J connectivity index is 0.00000441. The predicted molar refractivity (Wildman–Crippen MR) is 84.8 cm³/mol. The van der Waals surface area contributed by atoms with E-state index in [0.717, 1.165) is 17.7 Å². The smallest absolute Gasteiger partial charge is 0.277 e. The Morgan fingerprint density at radius 3 is 2.50 bits per heavy atom. The summed E-state index contributed by atoms with van der Waals surface area (Å²) in [7, 11) is 0. The molecule has 0 heterocycles. The number of alkyl halides is 2. The van der Waals surface area contributed by atoms with E-state index in [0.29, 0.717) is 13.0 Å². The van der Waals surface area contributed by atoms with E-state index in [4.69, 9.17) is 10.5 Å². The van der Waals surface area contributed by atoms with Gasteiger partial charge in [-0.15, -0.1) is 12.4 Å². The molecule has 126 valence electrons. The lowest BCUT2D eigenvalue weighted by Crippen LogP contribution is -2.41.